The summed E-state index contributed by atoms with van der Waals surface area (Å²) >= 11 is 0. The Labute approximate surface area is 82.5 Å². The Bertz CT molecular complexity index is 317. The second-order valence-corrected chi connectivity index (χ2v) is 4.05. The smallest absolute Gasteiger partial charge is 0.123 e. The molecule has 0 atom stereocenters. The first-order valence-corrected chi connectivity index (χ1v) is 4.82. The van der Waals surface area contributed by atoms with E-state index in [1.165, 1.54) is 12.1 Å². The fraction of sp³-hybridized carbons (Fsp3) is 0.455. The summed E-state index contributed by atoms with van der Waals surface area (Å²) in [5, 5.41) is 10.1. The summed E-state index contributed by atoms with van der Waals surface area (Å²) in [4.78, 5) is 0. The van der Waals surface area contributed by atoms with Crippen molar-refractivity contribution in [2.75, 3.05) is 6.54 Å². The van der Waals surface area contributed by atoms with Crippen molar-refractivity contribution in [3.63, 3.8) is 0 Å². The van der Waals surface area contributed by atoms with Gasteiger partial charge < -0.3 is 10.8 Å². The molecule has 3 heteroatoms. The largest absolute Gasteiger partial charge is 0.385 e. The molecule has 0 aliphatic heterocycles. The molecule has 76 valence electrons. The van der Waals surface area contributed by atoms with Gasteiger partial charge in [0.15, 0.2) is 0 Å². The van der Waals surface area contributed by atoms with Crippen LogP contribution in [-0.4, -0.2) is 11.7 Å². The molecule has 3 N–H and O–H groups in total. The standard InChI is InChI=1S/C11H14FNO/c12-10-3-1-9(2-4-10)11(14)5-8(6-11)7-13/h1-4,8,14H,5-7,13H2. The molecule has 0 aromatic heterocycles. The summed E-state index contributed by atoms with van der Waals surface area (Å²) in [6.07, 6.45) is 1.38. The maximum Gasteiger partial charge on any atom is 0.123 e. The predicted molar refractivity (Wildman–Crippen MR) is 52.1 cm³/mol. The predicted octanol–water partition coefficient (Wildman–Crippen LogP) is 1.38. The van der Waals surface area contributed by atoms with Crippen molar-refractivity contribution in [3.8, 4) is 0 Å². The fourth-order valence-electron chi connectivity index (χ4n) is 2.06. The monoisotopic (exact) mass is 195 g/mol. The molecule has 0 unspecified atom stereocenters. The van der Waals surface area contributed by atoms with Gasteiger partial charge in [-0.05, 0) is 43.0 Å². The van der Waals surface area contributed by atoms with Crippen molar-refractivity contribution in [3.05, 3.63) is 35.6 Å². The molecule has 2 nitrogen and oxygen atoms in total. The van der Waals surface area contributed by atoms with Gasteiger partial charge in [-0.2, -0.15) is 0 Å². The van der Waals surface area contributed by atoms with Crippen LogP contribution >= 0.6 is 0 Å². The van der Waals surface area contributed by atoms with Crippen molar-refractivity contribution in [1.82, 2.24) is 0 Å². The lowest BCUT2D eigenvalue weighted by Crippen LogP contribution is -2.44. The van der Waals surface area contributed by atoms with E-state index >= 15 is 0 Å². The Balaban J connectivity index is 2.13. The van der Waals surface area contributed by atoms with Crippen LogP contribution in [0.4, 0.5) is 4.39 Å². The topological polar surface area (TPSA) is 46.2 Å². The van der Waals surface area contributed by atoms with Crippen molar-refractivity contribution >= 4 is 0 Å². The van der Waals surface area contributed by atoms with E-state index in [2.05, 4.69) is 0 Å². The van der Waals surface area contributed by atoms with E-state index in [-0.39, 0.29) is 5.82 Å². The molecule has 0 saturated heterocycles. The number of benzene rings is 1. The molecule has 0 heterocycles. The van der Waals surface area contributed by atoms with Gasteiger partial charge in [-0.25, -0.2) is 4.39 Å². The van der Waals surface area contributed by atoms with Crippen LogP contribution < -0.4 is 5.73 Å². The van der Waals surface area contributed by atoms with Crippen LogP contribution in [0.25, 0.3) is 0 Å². The normalized spacial score (nSPS) is 31.2. The van der Waals surface area contributed by atoms with Crippen molar-refractivity contribution in [2.45, 2.75) is 18.4 Å². The molecular formula is C11H14FNO. The number of nitrogens with two attached hydrogens (primary N) is 1. The van der Waals surface area contributed by atoms with E-state index in [1.807, 2.05) is 0 Å². The lowest BCUT2D eigenvalue weighted by molar-refractivity contribution is -0.0766. The van der Waals surface area contributed by atoms with Crippen molar-refractivity contribution in [1.29, 1.82) is 0 Å². The Kier molecular flexibility index (Phi) is 2.29. The second-order valence-electron chi connectivity index (χ2n) is 4.05. The molecule has 2 rings (SSSR count). The summed E-state index contributed by atoms with van der Waals surface area (Å²) in [7, 11) is 0. The third-order valence-electron chi connectivity index (χ3n) is 2.97. The Morgan fingerprint density at radius 1 is 1.36 bits per heavy atom. The van der Waals surface area contributed by atoms with Gasteiger partial charge >= 0.3 is 0 Å². The summed E-state index contributed by atoms with van der Waals surface area (Å²) in [5.74, 6) is 0.136. The third kappa shape index (κ3) is 1.53. The number of hydrogen-bond donors (Lipinski definition) is 2. The highest BCUT2D eigenvalue weighted by Gasteiger charge is 2.42. The molecule has 0 spiro atoms. The quantitative estimate of drug-likeness (QED) is 0.749. The Morgan fingerprint density at radius 3 is 2.43 bits per heavy atom. The highest BCUT2D eigenvalue weighted by atomic mass is 19.1. The minimum Gasteiger partial charge on any atom is -0.385 e. The third-order valence-corrected chi connectivity index (χ3v) is 2.97. The molecule has 0 bridgehead atoms. The van der Waals surface area contributed by atoms with E-state index in [1.54, 1.807) is 12.1 Å². The van der Waals surface area contributed by atoms with Gasteiger partial charge in [-0.15, -0.1) is 0 Å². The van der Waals surface area contributed by atoms with Gasteiger partial charge in [0.1, 0.15) is 5.82 Å². The zero-order valence-corrected chi connectivity index (χ0v) is 7.91. The molecule has 14 heavy (non-hydrogen) atoms. The summed E-state index contributed by atoms with van der Waals surface area (Å²) in [5.41, 5.74) is 5.51. The van der Waals surface area contributed by atoms with Gasteiger partial charge in [0, 0.05) is 0 Å². The van der Waals surface area contributed by atoms with Crippen molar-refractivity contribution in [2.24, 2.45) is 11.7 Å². The molecular weight excluding hydrogens is 181 g/mol. The van der Waals surface area contributed by atoms with Crippen LogP contribution in [0.3, 0.4) is 0 Å². The van der Waals surface area contributed by atoms with Gasteiger partial charge in [-0.1, -0.05) is 12.1 Å². The first kappa shape index (κ1) is 9.62. The summed E-state index contributed by atoms with van der Waals surface area (Å²) in [6.45, 7) is 0.615. The Morgan fingerprint density at radius 2 is 1.93 bits per heavy atom. The average Bonchev–Trinajstić information content (AvgIpc) is 2.14. The number of aliphatic hydroxyl groups is 1. The zero-order valence-electron chi connectivity index (χ0n) is 7.91. The van der Waals surface area contributed by atoms with E-state index < -0.39 is 5.60 Å². The minimum absolute atomic E-state index is 0.271. The highest BCUT2D eigenvalue weighted by Crippen LogP contribution is 2.44. The number of hydrogen-bond acceptors (Lipinski definition) is 2. The van der Waals surface area contributed by atoms with Crippen LogP contribution in [0.2, 0.25) is 0 Å². The highest BCUT2D eigenvalue weighted by molar-refractivity contribution is 5.25. The van der Waals surface area contributed by atoms with E-state index in [9.17, 15) is 9.50 Å². The van der Waals surface area contributed by atoms with Crippen LogP contribution in [0, 0.1) is 11.7 Å². The molecule has 0 amide bonds. The lowest BCUT2D eigenvalue weighted by Gasteiger charge is -2.43. The van der Waals surface area contributed by atoms with Crippen molar-refractivity contribution < 1.29 is 9.50 Å². The summed E-state index contributed by atoms with van der Waals surface area (Å²) in [6, 6.07) is 6.04. The van der Waals surface area contributed by atoms with E-state index in [0.29, 0.717) is 25.3 Å². The minimum atomic E-state index is -0.766. The van der Waals surface area contributed by atoms with E-state index in [4.69, 9.17) is 5.73 Å². The van der Waals surface area contributed by atoms with Crippen LogP contribution in [-0.2, 0) is 5.60 Å². The maximum absolute atomic E-state index is 12.6. The molecule has 1 aliphatic carbocycles. The van der Waals surface area contributed by atoms with E-state index in [0.717, 1.165) is 5.56 Å². The molecule has 0 radical (unpaired) electrons. The van der Waals surface area contributed by atoms with Gasteiger partial charge in [0.2, 0.25) is 0 Å². The van der Waals surface area contributed by atoms with Crippen LogP contribution in [0.5, 0.6) is 0 Å². The second kappa shape index (κ2) is 3.33. The lowest BCUT2D eigenvalue weighted by atomic mass is 9.67. The van der Waals surface area contributed by atoms with Gasteiger partial charge in [-0.3, -0.25) is 0 Å². The number of halogens is 1. The molecule has 1 aromatic carbocycles. The Hall–Kier alpha value is -0.930. The van der Waals surface area contributed by atoms with Crippen LogP contribution in [0.1, 0.15) is 18.4 Å². The molecule has 1 aliphatic rings. The average molecular weight is 195 g/mol. The first-order chi connectivity index (χ1) is 6.64. The number of rotatable bonds is 2. The fourth-order valence-corrected chi connectivity index (χ4v) is 2.06. The molecule has 1 saturated carbocycles. The van der Waals surface area contributed by atoms with Gasteiger partial charge in [0.05, 0.1) is 5.60 Å². The van der Waals surface area contributed by atoms with Gasteiger partial charge in [0.25, 0.3) is 0 Å². The SMILES string of the molecule is NCC1CC(O)(c2ccc(F)cc2)C1. The van der Waals surface area contributed by atoms with Crippen LogP contribution in [0.15, 0.2) is 24.3 Å². The zero-order chi connectivity index (χ0) is 10.2. The first-order valence-electron chi connectivity index (χ1n) is 4.82. The summed E-state index contributed by atoms with van der Waals surface area (Å²) < 4.78 is 12.6. The molecule has 1 fully saturated rings. The maximum atomic E-state index is 12.6. The molecule has 1 aromatic rings.